The highest BCUT2D eigenvalue weighted by Crippen LogP contribution is 2.18. The van der Waals surface area contributed by atoms with E-state index in [-0.39, 0.29) is 0 Å². The summed E-state index contributed by atoms with van der Waals surface area (Å²) in [6.45, 7) is 7.48. The molecule has 1 aromatic rings. The van der Waals surface area contributed by atoms with Gasteiger partial charge in [0.2, 0.25) is 0 Å². The van der Waals surface area contributed by atoms with Gasteiger partial charge in [0, 0.05) is 17.8 Å². The molecule has 0 aliphatic carbocycles. The van der Waals surface area contributed by atoms with Crippen LogP contribution in [0.5, 0.6) is 0 Å². The lowest BCUT2D eigenvalue weighted by atomic mass is 10.1. The number of hydrogen-bond donors (Lipinski definition) is 0. The third-order valence-corrected chi connectivity index (χ3v) is 2.76. The Morgan fingerprint density at radius 3 is 2.36 bits per heavy atom. The zero-order chi connectivity index (χ0) is 10.6. The van der Waals surface area contributed by atoms with Crippen LogP contribution in [0.2, 0.25) is 0 Å². The number of aryl methyl sites for hydroxylation is 2. The fraction of sp³-hybridized carbons (Fsp3) is 0.727. The Balaban J connectivity index is 3.10. The minimum Gasteiger partial charge on any atom is -0.269 e. The van der Waals surface area contributed by atoms with Gasteiger partial charge < -0.3 is 0 Å². The van der Waals surface area contributed by atoms with Crippen molar-refractivity contribution >= 4 is 11.6 Å². The molecule has 2 nitrogen and oxygen atoms in total. The number of hydrogen-bond acceptors (Lipinski definition) is 1. The molecule has 0 amide bonds. The van der Waals surface area contributed by atoms with E-state index in [1.807, 2.05) is 0 Å². The van der Waals surface area contributed by atoms with Crippen LogP contribution in [0.1, 0.15) is 44.1 Å². The van der Waals surface area contributed by atoms with Crippen molar-refractivity contribution in [2.45, 2.75) is 52.5 Å². The first kappa shape index (κ1) is 11.6. The molecule has 0 aliphatic heterocycles. The van der Waals surface area contributed by atoms with Crippen molar-refractivity contribution in [3.05, 3.63) is 17.0 Å². The number of alkyl halides is 1. The molecular weight excluding hydrogens is 196 g/mol. The molecule has 14 heavy (non-hydrogen) atoms. The van der Waals surface area contributed by atoms with Crippen LogP contribution in [0, 0.1) is 0 Å². The second kappa shape index (κ2) is 5.40. The van der Waals surface area contributed by atoms with Gasteiger partial charge in [0.05, 0.1) is 11.6 Å². The van der Waals surface area contributed by atoms with Crippen molar-refractivity contribution in [3.63, 3.8) is 0 Å². The summed E-state index contributed by atoms with van der Waals surface area (Å²) in [6.07, 6.45) is 3.13. The van der Waals surface area contributed by atoms with E-state index in [1.54, 1.807) is 0 Å². The van der Waals surface area contributed by atoms with Crippen LogP contribution < -0.4 is 0 Å². The summed E-state index contributed by atoms with van der Waals surface area (Å²) in [5.41, 5.74) is 3.74. The zero-order valence-corrected chi connectivity index (χ0v) is 10.1. The number of rotatable bonds is 5. The first-order valence-electron chi connectivity index (χ1n) is 5.41. The first-order chi connectivity index (χ1) is 6.78. The molecule has 0 bridgehead atoms. The fourth-order valence-electron chi connectivity index (χ4n) is 1.82. The Bertz CT molecular complexity index is 292. The summed E-state index contributed by atoms with van der Waals surface area (Å²) >= 11 is 5.95. The summed E-state index contributed by atoms with van der Waals surface area (Å²) in [4.78, 5) is 0. The van der Waals surface area contributed by atoms with Gasteiger partial charge in [0.25, 0.3) is 0 Å². The quantitative estimate of drug-likeness (QED) is 0.689. The minimum absolute atomic E-state index is 0.593. The monoisotopic (exact) mass is 214 g/mol. The molecule has 0 aliphatic rings. The van der Waals surface area contributed by atoms with E-state index in [0.717, 1.165) is 25.8 Å². The molecule has 1 aromatic heterocycles. The van der Waals surface area contributed by atoms with Gasteiger partial charge in [-0.1, -0.05) is 20.8 Å². The normalized spacial score (nSPS) is 10.9. The van der Waals surface area contributed by atoms with Gasteiger partial charge in [-0.15, -0.1) is 11.6 Å². The molecule has 0 saturated heterocycles. The van der Waals surface area contributed by atoms with Gasteiger partial charge in [-0.3, -0.25) is 4.68 Å². The van der Waals surface area contributed by atoms with Crippen molar-refractivity contribution in [1.29, 1.82) is 0 Å². The van der Waals surface area contributed by atoms with Gasteiger partial charge in [-0.25, -0.2) is 0 Å². The Hall–Kier alpha value is -0.500. The number of halogens is 1. The van der Waals surface area contributed by atoms with E-state index in [4.69, 9.17) is 11.6 Å². The van der Waals surface area contributed by atoms with Crippen molar-refractivity contribution in [1.82, 2.24) is 9.78 Å². The van der Waals surface area contributed by atoms with Gasteiger partial charge in [-0.05, 0) is 19.3 Å². The molecule has 1 heterocycles. The van der Waals surface area contributed by atoms with Crippen molar-refractivity contribution in [2.75, 3.05) is 0 Å². The summed E-state index contributed by atoms with van der Waals surface area (Å²) in [6, 6.07) is 0. The van der Waals surface area contributed by atoms with Crippen molar-refractivity contribution in [2.24, 2.45) is 0 Å². The third-order valence-electron chi connectivity index (χ3n) is 2.49. The summed E-state index contributed by atoms with van der Waals surface area (Å²) in [5.74, 6) is 0.593. The van der Waals surface area contributed by atoms with Gasteiger partial charge in [0.1, 0.15) is 0 Å². The fourth-order valence-corrected chi connectivity index (χ4v) is 2.13. The van der Waals surface area contributed by atoms with Crippen LogP contribution in [-0.2, 0) is 25.3 Å². The van der Waals surface area contributed by atoms with Crippen LogP contribution in [0.3, 0.4) is 0 Å². The second-order valence-electron chi connectivity index (χ2n) is 3.44. The predicted molar refractivity (Wildman–Crippen MR) is 60.8 cm³/mol. The maximum Gasteiger partial charge on any atom is 0.0668 e. The van der Waals surface area contributed by atoms with Crippen LogP contribution in [0.25, 0.3) is 0 Å². The lowest BCUT2D eigenvalue weighted by Crippen LogP contribution is -2.04. The maximum absolute atomic E-state index is 5.95. The Morgan fingerprint density at radius 1 is 1.21 bits per heavy atom. The van der Waals surface area contributed by atoms with E-state index in [0.29, 0.717) is 5.88 Å². The average molecular weight is 215 g/mol. The largest absolute Gasteiger partial charge is 0.269 e. The topological polar surface area (TPSA) is 17.8 Å². The van der Waals surface area contributed by atoms with Gasteiger partial charge in [0.15, 0.2) is 0 Å². The van der Waals surface area contributed by atoms with Crippen molar-refractivity contribution < 1.29 is 0 Å². The Morgan fingerprint density at radius 2 is 1.93 bits per heavy atom. The highest BCUT2D eigenvalue weighted by atomic mass is 35.5. The highest BCUT2D eigenvalue weighted by Gasteiger charge is 2.13. The summed E-state index contributed by atoms with van der Waals surface area (Å²) < 4.78 is 2.12. The predicted octanol–water partition coefficient (Wildman–Crippen LogP) is 3.16. The van der Waals surface area contributed by atoms with E-state index in [1.165, 1.54) is 17.0 Å². The highest BCUT2D eigenvalue weighted by molar-refractivity contribution is 6.17. The standard InChI is InChI=1S/C11H19ClN2/c1-4-7-14-11(6-3)9(8-12)10(5-2)13-14/h4-8H2,1-3H3. The van der Waals surface area contributed by atoms with Crippen LogP contribution in [0.15, 0.2) is 0 Å². The van der Waals surface area contributed by atoms with Crippen LogP contribution in [-0.4, -0.2) is 9.78 Å². The summed E-state index contributed by atoms with van der Waals surface area (Å²) in [5, 5.41) is 4.59. The Labute approximate surface area is 91.3 Å². The third kappa shape index (κ3) is 2.11. The van der Waals surface area contributed by atoms with Gasteiger partial charge >= 0.3 is 0 Å². The molecule has 1 rings (SSSR count). The smallest absolute Gasteiger partial charge is 0.0668 e. The lowest BCUT2D eigenvalue weighted by molar-refractivity contribution is 0.571. The maximum atomic E-state index is 5.95. The van der Waals surface area contributed by atoms with Crippen LogP contribution >= 0.6 is 11.6 Å². The zero-order valence-electron chi connectivity index (χ0n) is 9.31. The molecule has 0 N–H and O–H groups in total. The molecule has 0 spiro atoms. The summed E-state index contributed by atoms with van der Waals surface area (Å²) in [7, 11) is 0. The first-order valence-corrected chi connectivity index (χ1v) is 5.95. The van der Waals surface area contributed by atoms with Crippen molar-refractivity contribution in [3.8, 4) is 0 Å². The molecule has 0 saturated carbocycles. The Kier molecular flexibility index (Phi) is 4.46. The van der Waals surface area contributed by atoms with E-state index in [9.17, 15) is 0 Å². The molecule has 0 radical (unpaired) electrons. The molecule has 3 heteroatoms. The lowest BCUT2D eigenvalue weighted by Gasteiger charge is -2.04. The number of aromatic nitrogens is 2. The van der Waals surface area contributed by atoms with E-state index >= 15 is 0 Å². The molecule has 0 atom stereocenters. The molecule has 0 aromatic carbocycles. The second-order valence-corrected chi connectivity index (χ2v) is 3.70. The molecule has 0 fully saturated rings. The molecule has 80 valence electrons. The average Bonchev–Trinajstić information content (AvgIpc) is 2.55. The SMILES string of the molecule is CCCn1nc(CC)c(CCl)c1CC. The van der Waals surface area contributed by atoms with Crippen LogP contribution in [0.4, 0.5) is 0 Å². The number of nitrogens with zero attached hydrogens (tertiary/aromatic N) is 2. The minimum atomic E-state index is 0.593. The van der Waals surface area contributed by atoms with E-state index < -0.39 is 0 Å². The van der Waals surface area contributed by atoms with E-state index in [2.05, 4.69) is 30.6 Å². The van der Waals surface area contributed by atoms with Gasteiger partial charge in [-0.2, -0.15) is 5.10 Å². The molecular formula is C11H19ClN2. The molecule has 0 unspecified atom stereocenters.